The van der Waals surface area contributed by atoms with Crippen LogP contribution in [-0.4, -0.2) is 48.6 Å². The van der Waals surface area contributed by atoms with E-state index < -0.39 is 21.8 Å². The summed E-state index contributed by atoms with van der Waals surface area (Å²) in [4.78, 5) is 24.3. The lowest BCUT2D eigenvalue weighted by Gasteiger charge is -2.27. The quantitative estimate of drug-likeness (QED) is 0.749. The predicted octanol–water partition coefficient (Wildman–Crippen LogP) is 1.20. The number of benzene rings is 1. The molecule has 2 aliphatic heterocycles. The summed E-state index contributed by atoms with van der Waals surface area (Å²) in [5.74, 6) is -0.880. The van der Waals surface area contributed by atoms with E-state index in [1.54, 1.807) is 0 Å². The smallest absolute Gasteiger partial charge is 0.354 e. The molecule has 1 amide bonds. The molecule has 1 atom stereocenters. The van der Waals surface area contributed by atoms with Crippen LogP contribution in [0.5, 0.6) is 0 Å². The number of amides is 1. The van der Waals surface area contributed by atoms with E-state index in [0.717, 1.165) is 16.1 Å². The van der Waals surface area contributed by atoms with Gasteiger partial charge in [-0.05, 0) is 18.9 Å². The Morgan fingerprint density at radius 3 is 2.84 bits per heavy atom. The molecule has 134 valence electrons. The summed E-state index contributed by atoms with van der Waals surface area (Å²) in [6, 6.07) is 7.14. The third-order valence-corrected chi connectivity index (χ3v) is 6.05. The average molecular weight is 364 g/mol. The van der Waals surface area contributed by atoms with Crippen LogP contribution in [0.4, 0.5) is 0 Å². The molecule has 0 N–H and O–H groups in total. The van der Waals surface area contributed by atoms with Gasteiger partial charge in [0.25, 0.3) is 0 Å². The van der Waals surface area contributed by atoms with Gasteiger partial charge in [0.15, 0.2) is 9.84 Å². The number of ether oxygens (including phenoxy) is 1. The maximum Gasteiger partial charge on any atom is 0.354 e. The molecule has 0 aliphatic carbocycles. The molecule has 7 nitrogen and oxygen atoms in total. The highest BCUT2D eigenvalue weighted by molar-refractivity contribution is 7.91. The number of hydrogen-bond acceptors (Lipinski definition) is 6. The number of carbonyl (C=O) groups is 2. The number of hydrazone groups is 1. The van der Waals surface area contributed by atoms with E-state index in [0.29, 0.717) is 6.42 Å². The van der Waals surface area contributed by atoms with Crippen LogP contribution in [0.25, 0.3) is 0 Å². The first kappa shape index (κ1) is 17.6. The highest BCUT2D eigenvalue weighted by atomic mass is 32.2. The zero-order valence-electron chi connectivity index (χ0n) is 14.0. The summed E-state index contributed by atoms with van der Waals surface area (Å²) in [6.07, 6.45) is 0.694. The summed E-state index contributed by atoms with van der Waals surface area (Å²) in [6.45, 7) is 2.08. The predicted molar refractivity (Wildman–Crippen MR) is 91.5 cm³/mol. The van der Waals surface area contributed by atoms with Gasteiger partial charge in [-0.3, -0.25) is 4.79 Å². The Morgan fingerprint density at radius 2 is 2.16 bits per heavy atom. The van der Waals surface area contributed by atoms with Crippen molar-refractivity contribution in [3.05, 3.63) is 35.4 Å². The van der Waals surface area contributed by atoms with E-state index in [1.165, 1.54) is 0 Å². The summed E-state index contributed by atoms with van der Waals surface area (Å²) >= 11 is 0. The summed E-state index contributed by atoms with van der Waals surface area (Å²) < 4.78 is 28.5. The van der Waals surface area contributed by atoms with E-state index in [4.69, 9.17) is 4.74 Å². The first-order valence-corrected chi connectivity index (χ1v) is 9.99. The number of aryl methyl sites for hydroxylation is 1. The van der Waals surface area contributed by atoms with Crippen molar-refractivity contribution in [1.29, 1.82) is 0 Å². The van der Waals surface area contributed by atoms with Gasteiger partial charge in [0.05, 0.1) is 17.5 Å². The van der Waals surface area contributed by atoms with Gasteiger partial charge >= 0.3 is 5.97 Å². The lowest BCUT2D eigenvalue weighted by atomic mass is 10.1. The van der Waals surface area contributed by atoms with Gasteiger partial charge in [0, 0.05) is 12.8 Å². The largest absolute Gasteiger partial charge is 0.456 e. The first-order valence-electron chi connectivity index (χ1n) is 8.17. The van der Waals surface area contributed by atoms with E-state index in [2.05, 4.69) is 5.10 Å². The minimum atomic E-state index is -3.14. The summed E-state index contributed by atoms with van der Waals surface area (Å²) in [5, 5.41) is 5.27. The molecular formula is C17H20N2O5S. The molecule has 8 heteroatoms. The normalized spacial score (nSPS) is 22.6. The van der Waals surface area contributed by atoms with Crippen molar-refractivity contribution < 1.29 is 22.7 Å². The minimum absolute atomic E-state index is 0.0457. The number of carbonyl (C=O) groups excluding carboxylic acids is 2. The molecule has 2 heterocycles. The molecule has 0 unspecified atom stereocenters. The Kier molecular flexibility index (Phi) is 4.89. The Balaban J connectivity index is 1.67. The van der Waals surface area contributed by atoms with E-state index in [9.17, 15) is 18.0 Å². The van der Waals surface area contributed by atoms with Crippen molar-refractivity contribution in [2.75, 3.05) is 11.5 Å². The van der Waals surface area contributed by atoms with Gasteiger partial charge in [-0.25, -0.2) is 18.2 Å². The standard InChI is InChI=1S/C17H20N2O5S/c1-12-3-2-4-13(9-12)10-24-17(21)15-5-6-16(20)19(18-15)14-7-8-25(22,23)11-14/h2-4,9,14H,5-8,10-11H2,1H3/t14-/m1/s1. The van der Waals surface area contributed by atoms with Crippen LogP contribution in [0.2, 0.25) is 0 Å². The second kappa shape index (κ2) is 6.95. The molecule has 1 aromatic carbocycles. The molecule has 25 heavy (non-hydrogen) atoms. The van der Waals surface area contributed by atoms with Crippen LogP contribution < -0.4 is 0 Å². The maximum absolute atomic E-state index is 12.2. The monoisotopic (exact) mass is 364 g/mol. The van der Waals surface area contributed by atoms with Crippen molar-refractivity contribution in [2.45, 2.75) is 38.8 Å². The van der Waals surface area contributed by atoms with Gasteiger partial charge < -0.3 is 4.74 Å². The van der Waals surface area contributed by atoms with Gasteiger partial charge in [-0.2, -0.15) is 5.10 Å². The van der Waals surface area contributed by atoms with Crippen LogP contribution in [-0.2, 0) is 30.8 Å². The molecule has 0 aromatic heterocycles. The minimum Gasteiger partial charge on any atom is -0.456 e. The fourth-order valence-corrected chi connectivity index (χ4v) is 4.70. The van der Waals surface area contributed by atoms with Crippen molar-refractivity contribution in [3.63, 3.8) is 0 Å². The third kappa shape index (κ3) is 4.25. The van der Waals surface area contributed by atoms with E-state index >= 15 is 0 Å². The number of nitrogens with zero attached hydrogens (tertiary/aromatic N) is 2. The van der Waals surface area contributed by atoms with Crippen molar-refractivity contribution in [2.24, 2.45) is 5.10 Å². The zero-order valence-corrected chi connectivity index (χ0v) is 14.8. The van der Waals surface area contributed by atoms with Crippen LogP contribution in [0, 0.1) is 6.92 Å². The van der Waals surface area contributed by atoms with E-state index in [1.807, 2.05) is 31.2 Å². The average Bonchev–Trinajstić information content (AvgIpc) is 2.93. The van der Waals surface area contributed by atoms with E-state index in [-0.39, 0.29) is 42.6 Å². The fourth-order valence-electron chi connectivity index (χ4n) is 3.01. The molecule has 3 rings (SSSR count). The van der Waals surface area contributed by atoms with Crippen molar-refractivity contribution in [1.82, 2.24) is 5.01 Å². The van der Waals surface area contributed by atoms with Crippen LogP contribution in [0.1, 0.15) is 30.4 Å². The molecule has 1 aromatic rings. The van der Waals surface area contributed by atoms with Crippen LogP contribution >= 0.6 is 0 Å². The molecule has 0 saturated carbocycles. The second-order valence-electron chi connectivity index (χ2n) is 6.41. The van der Waals surface area contributed by atoms with Gasteiger partial charge in [-0.15, -0.1) is 0 Å². The van der Waals surface area contributed by atoms with Crippen LogP contribution in [0.3, 0.4) is 0 Å². The van der Waals surface area contributed by atoms with Crippen LogP contribution in [0.15, 0.2) is 29.4 Å². The molecule has 1 fully saturated rings. The SMILES string of the molecule is Cc1cccc(COC(=O)C2=NN([C@@H]3CCS(=O)(=O)C3)C(=O)CC2)c1. The number of rotatable bonds is 4. The highest BCUT2D eigenvalue weighted by Crippen LogP contribution is 2.22. The van der Waals surface area contributed by atoms with Gasteiger partial charge in [0.2, 0.25) is 5.91 Å². The molecule has 0 spiro atoms. The van der Waals surface area contributed by atoms with Crippen molar-refractivity contribution in [3.8, 4) is 0 Å². The number of esters is 1. The van der Waals surface area contributed by atoms with Gasteiger partial charge in [0.1, 0.15) is 12.3 Å². The molecule has 0 bridgehead atoms. The Morgan fingerprint density at radius 1 is 1.36 bits per heavy atom. The second-order valence-corrected chi connectivity index (χ2v) is 8.64. The first-order chi connectivity index (χ1) is 11.8. The zero-order chi connectivity index (χ0) is 18.0. The number of sulfone groups is 1. The lowest BCUT2D eigenvalue weighted by Crippen LogP contribution is -2.42. The fraction of sp³-hybridized carbons (Fsp3) is 0.471. The summed E-state index contributed by atoms with van der Waals surface area (Å²) in [5.41, 5.74) is 2.11. The summed E-state index contributed by atoms with van der Waals surface area (Å²) in [7, 11) is -3.14. The molecular weight excluding hydrogens is 344 g/mol. The maximum atomic E-state index is 12.2. The molecule has 2 aliphatic rings. The molecule has 0 radical (unpaired) electrons. The third-order valence-electron chi connectivity index (χ3n) is 4.30. The van der Waals surface area contributed by atoms with Crippen molar-refractivity contribution >= 4 is 27.4 Å². The van der Waals surface area contributed by atoms with Gasteiger partial charge in [-0.1, -0.05) is 29.8 Å². The topological polar surface area (TPSA) is 93.1 Å². The Labute approximate surface area is 146 Å². The lowest BCUT2D eigenvalue weighted by molar-refractivity contribution is -0.138. The Hall–Kier alpha value is -2.22. The molecule has 1 saturated heterocycles. The number of hydrogen-bond donors (Lipinski definition) is 0. The highest BCUT2D eigenvalue weighted by Gasteiger charge is 2.37. The Bertz CT molecular complexity index is 831.